The highest BCUT2D eigenvalue weighted by molar-refractivity contribution is 6.08. The number of hydrogen-bond donors (Lipinski definition) is 2. The Hall–Kier alpha value is -3.27. The molecule has 2 amide bonds. The van der Waals surface area contributed by atoms with Gasteiger partial charge in [-0.05, 0) is 29.8 Å². The molecule has 2 N–H and O–H groups in total. The zero-order chi connectivity index (χ0) is 18.0. The largest absolute Gasteiger partial charge is 0.355 e. The van der Waals surface area contributed by atoms with Crippen LogP contribution in [0.15, 0.2) is 42.5 Å². The highest BCUT2D eigenvalue weighted by Crippen LogP contribution is 2.31. The summed E-state index contributed by atoms with van der Waals surface area (Å²) >= 11 is 0. The molecule has 7 heteroatoms. The van der Waals surface area contributed by atoms with Gasteiger partial charge in [-0.3, -0.25) is 9.59 Å². The Morgan fingerprint density at radius 1 is 1.20 bits per heavy atom. The molecule has 1 saturated heterocycles. The highest BCUT2D eigenvalue weighted by atomic mass is 19.1. The summed E-state index contributed by atoms with van der Waals surface area (Å²) in [5.41, 5.74) is 0.272. The molecule has 0 aliphatic carbocycles. The number of nitrogens with zero attached hydrogens (tertiary/aromatic N) is 1. The van der Waals surface area contributed by atoms with Gasteiger partial charge in [0.2, 0.25) is 11.8 Å². The first kappa shape index (κ1) is 16.6. The fourth-order valence-corrected chi connectivity index (χ4v) is 2.86. The standard InChI is InChI=1S/C18H13F2N3O2/c19-13-3-1-2-4-15(13)23-18(25)16-12(9-22-17(16)24)10-5-6-11(8-21)14(20)7-10/h1-7,12,16H,9H2,(H,22,24)(H,23,25)/t12-,16-/m1/s1. The van der Waals surface area contributed by atoms with E-state index in [0.29, 0.717) is 5.56 Å². The van der Waals surface area contributed by atoms with Gasteiger partial charge in [-0.25, -0.2) is 8.78 Å². The summed E-state index contributed by atoms with van der Waals surface area (Å²) in [6.45, 7) is 0.152. The molecule has 25 heavy (non-hydrogen) atoms. The van der Waals surface area contributed by atoms with Crippen LogP contribution in [-0.2, 0) is 9.59 Å². The van der Waals surface area contributed by atoms with Gasteiger partial charge in [-0.2, -0.15) is 5.26 Å². The van der Waals surface area contributed by atoms with Crippen molar-refractivity contribution in [1.82, 2.24) is 5.32 Å². The molecule has 2 aromatic rings. The molecular weight excluding hydrogens is 328 g/mol. The number of para-hydroxylation sites is 1. The van der Waals surface area contributed by atoms with Crippen LogP contribution in [0, 0.1) is 28.9 Å². The molecule has 126 valence electrons. The summed E-state index contributed by atoms with van der Waals surface area (Å²) in [6, 6.07) is 11.3. The zero-order valence-electron chi connectivity index (χ0n) is 12.9. The van der Waals surface area contributed by atoms with Crippen molar-refractivity contribution in [3.05, 3.63) is 65.2 Å². The fourth-order valence-electron chi connectivity index (χ4n) is 2.86. The first-order valence-corrected chi connectivity index (χ1v) is 7.54. The Balaban J connectivity index is 1.87. The van der Waals surface area contributed by atoms with Crippen molar-refractivity contribution >= 4 is 17.5 Å². The summed E-state index contributed by atoms with van der Waals surface area (Å²) < 4.78 is 27.5. The minimum absolute atomic E-state index is 0.0306. The van der Waals surface area contributed by atoms with E-state index in [9.17, 15) is 18.4 Å². The molecule has 5 nitrogen and oxygen atoms in total. The third-order valence-electron chi connectivity index (χ3n) is 4.14. The number of hydrogen-bond acceptors (Lipinski definition) is 3. The van der Waals surface area contributed by atoms with Gasteiger partial charge in [0.05, 0.1) is 11.3 Å². The normalized spacial score (nSPS) is 19.2. The van der Waals surface area contributed by atoms with E-state index in [-0.39, 0.29) is 17.8 Å². The number of nitriles is 1. The quantitative estimate of drug-likeness (QED) is 0.841. The van der Waals surface area contributed by atoms with Gasteiger partial charge in [0.25, 0.3) is 0 Å². The molecule has 1 fully saturated rings. The lowest BCUT2D eigenvalue weighted by Gasteiger charge is -2.17. The molecule has 0 saturated carbocycles. The summed E-state index contributed by atoms with van der Waals surface area (Å²) in [7, 11) is 0. The first-order valence-electron chi connectivity index (χ1n) is 7.54. The molecule has 0 unspecified atom stereocenters. The minimum atomic E-state index is -1.12. The van der Waals surface area contributed by atoms with E-state index in [2.05, 4.69) is 10.6 Å². The van der Waals surface area contributed by atoms with Crippen molar-refractivity contribution < 1.29 is 18.4 Å². The van der Waals surface area contributed by atoms with E-state index in [0.717, 1.165) is 6.07 Å². The molecule has 2 aromatic carbocycles. The van der Waals surface area contributed by atoms with Crippen molar-refractivity contribution in [2.75, 3.05) is 11.9 Å². The van der Waals surface area contributed by atoms with Crippen molar-refractivity contribution in [2.45, 2.75) is 5.92 Å². The van der Waals surface area contributed by atoms with Crippen LogP contribution in [0.25, 0.3) is 0 Å². The van der Waals surface area contributed by atoms with Crippen LogP contribution in [0.3, 0.4) is 0 Å². The van der Waals surface area contributed by atoms with Crippen molar-refractivity contribution in [2.24, 2.45) is 5.92 Å². The lowest BCUT2D eigenvalue weighted by atomic mass is 9.87. The Kier molecular flexibility index (Phi) is 4.44. The summed E-state index contributed by atoms with van der Waals surface area (Å²) in [5.74, 6) is -4.24. The number of amides is 2. The number of carbonyl (C=O) groups is 2. The SMILES string of the molecule is N#Cc1ccc([C@H]2CNC(=O)[C@@H]2C(=O)Nc2ccccc2F)cc1F. The van der Waals surface area contributed by atoms with E-state index in [1.54, 1.807) is 12.1 Å². The second-order valence-electron chi connectivity index (χ2n) is 5.65. The van der Waals surface area contributed by atoms with E-state index in [4.69, 9.17) is 5.26 Å². The molecule has 1 aliphatic rings. The van der Waals surface area contributed by atoms with Crippen LogP contribution >= 0.6 is 0 Å². The van der Waals surface area contributed by atoms with Gasteiger partial charge in [-0.15, -0.1) is 0 Å². The average Bonchev–Trinajstić information content (AvgIpc) is 2.98. The zero-order valence-corrected chi connectivity index (χ0v) is 12.9. The maximum absolute atomic E-state index is 13.9. The highest BCUT2D eigenvalue weighted by Gasteiger charge is 2.41. The van der Waals surface area contributed by atoms with Crippen molar-refractivity contribution in [3.63, 3.8) is 0 Å². The second-order valence-corrected chi connectivity index (χ2v) is 5.65. The lowest BCUT2D eigenvalue weighted by Crippen LogP contribution is -2.32. The van der Waals surface area contributed by atoms with E-state index in [1.165, 1.54) is 30.3 Å². The van der Waals surface area contributed by atoms with Gasteiger partial charge in [-0.1, -0.05) is 18.2 Å². The fraction of sp³-hybridized carbons (Fsp3) is 0.167. The number of anilines is 1. The molecule has 1 aliphatic heterocycles. The van der Waals surface area contributed by atoms with Crippen molar-refractivity contribution in [3.8, 4) is 6.07 Å². The monoisotopic (exact) mass is 341 g/mol. The van der Waals surface area contributed by atoms with Crippen LogP contribution < -0.4 is 10.6 Å². The molecule has 0 aromatic heterocycles. The van der Waals surface area contributed by atoms with Crippen LogP contribution in [0.5, 0.6) is 0 Å². The van der Waals surface area contributed by atoms with Crippen LogP contribution in [0.4, 0.5) is 14.5 Å². The molecular formula is C18H13F2N3O2. The number of carbonyl (C=O) groups excluding carboxylic acids is 2. The number of halogens is 2. The van der Waals surface area contributed by atoms with E-state index in [1.807, 2.05) is 0 Å². The maximum Gasteiger partial charge on any atom is 0.237 e. The molecule has 3 rings (SSSR count). The summed E-state index contributed by atoms with van der Waals surface area (Å²) in [5, 5.41) is 13.8. The van der Waals surface area contributed by atoms with E-state index < -0.39 is 35.3 Å². The Morgan fingerprint density at radius 2 is 1.96 bits per heavy atom. The topological polar surface area (TPSA) is 82.0 Å². The lowest BCUT2D eigenvalue weighted by molar-refractivity contribution is -0.130. The van der Waals surface area contributed by atoms with Crippen LogP contribution in [0.1, 0.15) is 17.0 Å². The molecule has 2 atom stereocenters. The number of benzene rings is 2. The molecule has 0 radical (unpaired) electrons. The van der Waals surface area contributed by atoms with Crippen LogP contribution in [-0.4, -0.2) is 18.4 Å². The molecule has 0 bridgehead atoms. The second kappa shape index (κ2) is 6.69. The smallest absolute Gasteiger partial charge is 0.237 e. The van der Waals surface area contributed by atoms with Gasteiger partial charge in [0.1, 0.15) is 23.6 Å². The van der Waals surface area contributed by atoms with Gasteiger partial charge >= 0.3 is 0 Å². The van der Waals surface area contributed by atoms with Crippen molar-refractivity contribution in [1.29, 1.82) is 5.26 Å². The first-order chi connectivity index (χ1) is 12.0. The average molecular weight is 341 g/mol. The van der Waals surface area contributed by atoms with E-state index >= 15 is 0 Å². The Bertz CT molecular complexity index is 892. The third-order valence-corrected chi connectivity index (χ3v) is 4.14. The van der Waals surface area contributed by atoms with Gasteiger partial charge < -0.3 is 10.6 Å². The maximum atomic E-state index is 13.9. The number of rotatable bonds is 3. The Labute approximate surface area is 142 Å². The molecule has 0 spiro atoms. The third kappa shape index (κ3) is 3.19. The minimum Gasteiger partial charge on any atom is -0.355 e. The van der Waals surface area contributed by atoms with Gasteiger partial charge in [0.15, 0.2) is 0 Å². The Morgan fingerprint density at radius 3 is 2.64 bits per heavy atom. The summed E-state index contributed by atoms with van der Waals surface area (Å²) in [6.07, 6.45) is 0. The summed E-state index contributed by atoms with van der Waals surface area (Å²) in [4.78, 5) is 24.6. The predicted octanol–water partition coefficient (Wildman–Crippen LogP) is 2.30. The predicted molar refractivity (Wildman–Crippen MR) is 85.4 cm³/mol. The molecule has 1 heterocycles. The van der Waals surface area contributed by atoms with Crippen LogP contribution in [0.2, 0.25) is 0 Å². The van der Waals surface area contributed by atoms with Gasteiger partial charge in [0, 0.05) is 12.5 Å². The number of nitrogens with one attached hydrogen (secondary N) is 2.